The number of carbonyl (C=O) groups is 2. The van der Waals surface area contributed by atoms with E-state index in [0.717, 1.165) is 50.3 Å². The number of hydrogen-bond donors (Lipinski definition) is 6. The van der Waals surface area contributed by atoms with Crippen LogP contribution in [0.4, 0.5) is 0 Å². The van der Waals surface area contributed by atoms with Gasteiger partial charge in [-0.3, -0.25) is 14.6 Å². The number of carboxylic acids is 2. The fourth-order valence-electron chi connectivity index (χ4n) is 6.85. The summed E-state index contributed by atoms with van der Waals surface area (Å²) in [5.41, 5.74) is 10.5. The molecule has 3 aromatic carbocycles. The predicted molar refractivity (Wildman–Crippen MR) is 225 cm³/mol. The first-order chi connectivity index (χ1) is 28.9. The molecule has 0 bridgehead atoms. The average Bonchev–Trinajstić information content (AvgIpc) is 3.62. The van der Waals surface area contributed by atoms with Gasteiger partial charge in [-0.2, -0.15) is 5.26 Å². The minimum atomic E-state index is -1.10. The van der Waals surface area contributed by atoms with Crippen LogP contribution in [0.3, 0.4) is 0 Å². The molecule has 2 atom stereocenters. The van der Waals surface area contributed by atoms with Gasteiger partial charge in [0.05, 0.1) is 41.3 Å². The van der Waals surface area contributed by atoms with Gasteiger partial charge in [-0.15, -0.1) is 0 Å². The Kier molecular flexibility index (Phi) is 14.5. The lowest BCUT2D eigenvalue weighted by Crippen LogP contribution is -2.28. The summed E-state index contributed by atoms with van der Waals surface area (Å²) in [6, 6.07) is 23.5. The molecule has 0 aliphatic carbocycles. The summed E-state index contributed by atoms with van der Waals surface area (Å²) in [5, 5.41) is 53.6. The fraction of sp³-hybridized carbons (Fsp3) is 0.267. The molecule has 0 radical (unpaired) electrons. The highest BCUT2D eigenvalue weighted by Crippen LogP contribution is 2.37. The van der Waals surface area contributed by atoms with Gasteiger partial charge < -0.3 is 44.9 Å². The zero-order chi connectivity index (χ0) is 42.8. The lowest BCUT2D eigenvalue weighted by atomic mass is 9.90. The number of aliphatic carboxylic acids is 2. The highest BCUT2D eigenvalue weighted by atomic mass is 35.5. The number of carboxylic acid groups (broad SMARTS) is 2. The normalized spacial score (nSPS) is 12.2. The smallest absolute Gasteiger partial charge is 0.306 e. The lowest BCUT2D eigenvalue weighted by molar-refractivity contribution is -0.140. The Bertz CT molecular complexity index is 2540. The number of aliphatic hydroxyl groups excluding tert-OH is 2. The van der Waals surface area contributed by atoms with E-state index in [1.54, 1.807) is 24.4 Å². The number of nitrogens with one attached hydrogen (secondary N) is 2. The summed E-state index contributed by atoms with van der Waals surface area (Å²) in [5.74, 6) is -1.32. The van der Waals surface area contributed by atoms with E-state index in [1.807, 2.05) is 47.1 Å². The van der Waals surface area contributed by atoms with Gasteiger partial charge in [0.25, 0.3) is 0 Å². The number of benzene rings is 3. The van der Waals surface area contributed by atoms with Crippen LogP contribution in [0.15, 0.2) is 91.5 Å². The standard InChI is InChI=1S/C45H45ClN6O8/c1-27-32(26-60-42-16-41(59-25-30-11-29(17-47)18-48-19-30)33(12-40(42)46)20-49-22-35(53)14-44(55)56)5-3-7-38(27)39-8-4-6-37(28(39)2)31-9-10-52-24-34(51-43(52)13-31)21-50-23-36(54)15-45(57)58/h3-13,16,18-19,24,35-36,49-50,53-54H,14-15,20-23,25-26H2,1-2H3,(H,55,56)(H,57,58). The molecule has 6 N–H and O–H groups in total. The Hall–Kier alpha value is -6.34. The molecule has 14 nitrogen and oxygen atoms in total. The van der Waals surface area contributed by atoms with Crippen molar-refractivity contribution in [3.8, 4) is 39.8 Å². The number of aliphatic hydroxyl groups is 2. The van der Waals surface area contributed by atoms with Gasteiger partial charge in [0, 0.05) is 68.2 Å². The molecule has 0 saturated carbocycles. The molecule has 6 aromatic rings. The summed E-state index contributed by atoms with van der Waals surface area (Å²) >= 11 is 6.77. The Morgan fingerprint density at radius 2 is 1.48 bits per heavy atom. The number of ether oxygens (including phenoxy) is 2. The first-order valence-corrected chi connectivity index (χ1v) is 19.6. The van der Waals surface area contributed by atoms with E-state index in [9.17, 15) is 25.1 Å². The zero-order valence-corrected chi connectivity index (χ0v) is 33.8. The van der Waals surface area contributed by atoms with Crippen molar-refractivity contribution in [2.24, 2.45) is 0 Å². The number of rotatable bonds is 20. The number of fused-ring (bicyclic) bond motifs is 1. The van der Waals surface area contributed by atoms with Crippen molar-refractivity contribution in [3.05, 3.63) is 136 Å². The van der Waals surface area contributed by atoms with Crippen molar-refractivity contribution in [2.75, 3.05) is 13.1 Å². The molecule has 0 saturated heterocycles. The monoisotopic (exact) mass is 832 g/mol. The van der Waals surface area contributed by atoms with Crippen LogP contribution >= 0.6 is 11.6 Å². The number of halogens is 1. The highest BCUT2D eigenvalue weighted by molar-refractivity contribution is 6.32. The Balaban J connectivity index is 1.19. The van der Waals surface area contributed by atoms with E-state index in [0.29, 0.717) is 39.8 Å². The number of nitriles is 1. The van der Waals surface area contributed by atoms with Gasteiger partial charge in [-0.25, -0.2) is 4.98 Å². The van der Waals surface area contributed by atoms with Crippen LogP contribution in [-0.4, -0.2) is 72.0 Å². The van der Waals surface area contributed by atoms with Gasteiger partial charge in [0.2, 0.25) is 0 Å². The third-order valence-corrected chi connectivity index (χ3v) is 10.2. The van der Waals surface area contributed by atoms with Gasteiger partial charge in [0.15, 0.2) is 0 Å². The summed E-state index contributed by atoms with van der Waals surface area (Å²) in [6.45, 7) is 5.25. The molecule has 6 rings (SSSR count). The van der Waals surface area contributed by atoms with Crippen LogP contribution in [0.25, 0.3) is 27.9 Å². The number of nitrogens with zero attached hydrogens (tertiary/aromatic N) is 4. The van der Waals surface area contributed by atoms with Gasteiger partial charge in [-0.05, 0) is 77.1 Å². The van der Waals surface area contributed by atoms with Gasteiger partial charge in [-0.1, -0.05) is 48.0 Å². The maximum atomic E-state index is 11.0. The molecule has 310 valence electrons. The third-order valence-electron chi connectivity index (χ3n) is 9.91. The van der Waals surface area contributed by atoms with Crippen LogP contribution in [0, 0.1) is 25.2 Å². The van der Waals surface area contributed by atoms with Crippen LogP contribution in [0.2, 0.25) is 5.02 Å². The molecular formula is C45H45ClN6O8. The Labute approximate surface area is 351 Å². The first-order valence-electron chi connectivity index (χ1n) is 19.2. The molecule has 0 fully saturated rings. The second-order valence-electron chi connectivity index (χ2n) is 14.4. The van der Waals surface area contributed by atoms with Crippen LogP contribution in [0.5, 0.6) is 11.5 Å². The van der Waals surface area contributed by atoms with E-state index in [2.05, 4.69) is 53.7 Å². The molecule has 60 heavy (non-hydrogen) atoms. The topological polar surface area (TPSA) is 212 Å². The quantitative estimate of drug-likeness (QED) is 0.0506. The minimum Gasteiger partial charge on any atom is -0.488 e. The SMILES string of the molecule is Cc1c(COc2cc(OCc3cncc(C#N)c3)c(CNCC(O)CC(=O)O)cc2Cl)cccc1-c1cccc(-c2ccn3cc(CNCC(O)CC(=O)O)nc3c2)c1C. The number of imidazole rings is 1. The molecule has 0 aliphatic heterocycles. The van der Waals surface area contributed by atoms with E-state index < -0.39 is 30.6 Å². The van der Waals surface area contributed by atoms with E-state index in [4.69, 9.17) is 36.3 Å². The minimum absolute atomic E-state index is 0.0408. The van der Waals surface area contributed by atoms with E-state index in [1.165, 1.54) is 6.20 Å². The van der Waals surface area contributed by atoms with Gasteiger partial charge in [0.1, 0.15) is 36.4 Å². The lowest BCUT2D eigenvalue weighted by Gasteiger charge is -2.18. The van der Waals surface area contributed by atoms with Crippen molar-refractivity contribution >= 4 is 29.2 Å². The maximum absolute atomic E-state index is 11.0. The summed E-state index contributed by atoms with van der Waals surface area (Å²) in [7, 11) is 0. The molecule has 3 aromatic heterocycles. The molecule has 0 aliphatic rings. The highest BCUT2D eigenvalue weighted by Gasteiger charge is 2.17. The molecule has 0 amide bonds. The summed E-state index contributed by atoms with van der Waals surface area (Å²) in [6.07, 6.45) is 4.15. The van der Waals surface area contributed by atoms with E-state index in [-0.39, 0.29) is 39.3 Å². The Morgan fingerprint density at radius 3 is 2.20 bits per heavy atom. The number of hydrogen-bond acceptors (Lipinski definition) is 11. The second kappa shape index (κ2) is 20.1. The maximum Gasteiger partial charge on any atom is 0.306 e. The van der Waals surface area contributed by atoms with Crippen molar-refractivity contribution in [2.45, 2.75) is 65.2 Å². The number of aromatic nitrogens is 3. The number of pyridine rings is 2. The van der Waals surface area contributed by atoms with Gasteiger partial charge >= 0.3 is 11.9 Å². The predicted octanol–water partition coefficient (Wildman–Crippen LogP) is 6.21. The van der Waals surface area contributed by atoms with Crippen LogP contribution in [0.1, 0.15) is 51.9 Å². The van der Waals surface area contributed by atoms with E-state index >= 15 is 0 Å². The molecule has 2 unspecified atom stereocenters. The summed E-state index contributed by atoms with van der Waals surface area (Å²) in [4.78, 5) is 30.7. The fourth-order valence-corrected chi connectivity index (χ4v) is 7.09. The van der Waals surface area contributed by atoms with Crippen LogP contribution < -0.4 is 20.1 Å². The molecule has 0 spiro atoms. The average molecular weight is 833 g/mol. The van der Waals surface area contributed by atoms with Crippen molar-refractivity contribution in [1.82, 2.24) is 25.0 Å². The second-order valence-corrected chi connectivity index (χ2v) is 14.8. The third kappa shape index (κ3) is 11.2. The van der Waals surface area contributed by atoms with Crippen LogP contribution in [-0.2, 0) is 35.9 Å². The molecule has 15 heteroatoms. The molecular weight excluding hydrogens is 788 g/mol. The Morgan fingerprint density at radius 1 is 0.817 bits per heavy atom. The summed E-state index contributed by atoms with van der Waals surface area (Å²) < 4.78 is 14.5. The van der Waals surface area contributed by atoms with Crippen molar-refractivity contribution in [1.29, 1.82) is 5.26 Å². The first kappa shape index (κ1) is 43.2. The zero-order valence-electron chi connectivity index (χ0n) is 33.1. The van der Waals surface area contributed by atoms with Crippen molar-refractivity contribution in [3.63, 3.8) is 0 Å². The molecule has 3 heterocycles. The van der Waals surface area contributed by atoms with Crippen molar-refractivity contribution < 1.29 is 39.5 Å². The largest absolute Gasteiger partial charge is 0.488 e.